The number of carbonyl (C=O) groups excluding carboxylic acids is 1. The molecule has 0 saturated carbocycles. The van der Waals surface area contributed by atoms with Crippen molar-refractivity contribution in [2.75, 3.05) is 23.9 Å². The number of nitrogens with zero attached hydrogens (tertiary/aromatic N) is 1. The van der Waals surface area contributed by atoms with Crippen LogP contribution in [0.3, 0.4) is 0 Å². The molecule has 1 aromatic rings. The van der Waals surface area contributed by atoms with E-state index in [1.165, 1.54) is 12.1 Å². The van der Waals surface area contributed by atoms with Crippen LogP contribution < -0.4 is 16.6 Å². The second-order valence-corrected chi connectivity index (χ2v) is 3.33. The van der Waals surface area contributed by atoms with E-state index in [1.54, 1.807) is 13.0 Å². The van der Waals surface area contributed by atoms with Crippen LogP contribution in [0.2, 0.25) is 0 Å². The number of nitrogens with two attached hydrogens (primary N) is 1. The minimum atomic E-state index is -0.545. The average molecular weight is 254 g/mol. The van der Waals surface area contributed by atoms with Crippen LogP contribution in [0.25, 0.3) is 0 Å². The van der Waals surface area contributed by atoms with Gasteiger partial charge >= 0.3 is 5.97 Å². The Balaban J connectivity index is 2.78. The lowest BCUT2D eigenvalue weighted by Crippen LogP contribution is -2.17. The van der Waals surface area contributed by atoms with Crippen LogP contribution in [-0.2, 0) is 9.53 Å². The Morgan fingerprint density at radius 1 is 1.44 bits per heavy atom. The van der Waals surface area contributed by atoms with Crippen LogP contribution in [0.15, 0.2) is 18.2 Å². The predicted octanol–water partition coefficient (Wildman–Crippen LogP) is 0.855. The lowest BCUT2D eigenvalue weighted by molar-refractivity contribution is -0.384. The molecule has 4 N–H and O–H groups in total. The molecule has 1 aromatic carbocycles. The monoisotopic (exact) mass is 254 g/mol. The van der Waals surface area contributed by atoms with Gasteiger partial charge in [-0.05, 0) is 13.0 Å². The largest absolute Gasteiger partial charge is 0.465 e. The van der Waals surface area contributed by atoms with Crippen molar-refractivity contribution < 1.29 is 14.5 Å². The summed E-state index contributed by atoms with van der Waals surface area (Å²) in [6, 6.07) is 4.14. The molecule has 0 aliphatic carbocycles. The molecule has 0 aliphatic heterocycles. The van der Waals surface area contributed by atoms with E-state index in [9.17, 15) is 14.9 Å². The van der Waals surface area contributed by atoms with Gasteiger partial charge in [0.1, 0.15) is 6.54 Å². The van der Waals surface area contributed by atoms with E-state index in [-0.39, 0.29) is 18.8 Å². The molecular formula is C10H14N4O4. The van der Waals surface area contributed by atoms with E-state index in [1.807, 2.05) is 0 Å². The van der Waals surface area contributed by atoms with Gasteiger partial charge in [0.25, 0.3) is 5.69 Å². The van der Waals surface area contributed by atoms with Gasteiger partial charge in [-0.2, -0.15) is 0 Å². The fraction of sp³-hybridized carbons (Fsp3) is 0.300. The first-order chi connectivity index (χ1) is 8.56. The van der Waals surface area contributed by atoms with Crippen molar-refractivity contribution in [1.82, 2.24) is 0 Å². The molecule has 8 nitrogen and oxygen atoms in total. The molecule has 8 heteroatoms. The molecule has 0 saturated heterocycles. The van der Waals surface area contributed by atoms with Crippen molar-refractivity contribution in [3.8, 4) is 0 Å². The number of nitrogens with one attached hydrogen (secondary N) is 2. The first-order valence-electron chi connectivity index (χ1n) is 5.22. The fourth-order valence-electron chi connectivity index (χ4n) is 1.29. The minimum absolute atomic E-state index is 0.0704. The lowest BCUT2D eigenvalue weighted by atomic mass is 10.2. The second-order valence-electron chi connectivity index (χ2n) is 3.33. The predicted molar refractivity (Wildman–Crippen MR) is 66.0 cm³/mol. The molecule has 0 radical (unpaired) electrons. The van der Waals surface area contributed by atoms with Crippen molar-refractivity contribution in [2.45, 2.75) is 6.92 Å². The molecule has 98 valence electrons. The Kier molecular flexibility index (Phi) is 4.88. The summed E-state index contributed by atoms with van der Waals surface area (Å²) in [5, 5.41) is 13.4. The first-order valence-corrected chi connectivity index (χ1v) is 5.22. The summed E-state index contributed by atoms with van der Waals surface area (Å²) >= 11 is 0. The van der Waals surface area contributed by atoms with Crippen LogP contribution in [0.4, 0.5) is 17.1 Å². The topological polar surface area (TPSA) is 120 Å². The van der Waals surface area contributed by atoms with Crippen molar-refractivity contribution in [1.29, 1.82) is 0 Å². The van der Waals surface area contributed by atoms with Crippen molar-refractivity contribution in [2.24, 2.45) is 5.84 Å². The summed E-state index contributed by atoms with van der Waals surface area (Å²) in [7, 11) is 0. The molecule has 0 unspecified atom stereocenters. The van der Waals surface area contributed by atoms with Gasteiger partial charge in [0.15, 0.2) is 0 Å². The maximum Gasteiger partial charge on any atom is 0.325 e. The number of nitro groups is 1. The molecule has 0 heterocycles. The number of carbonyl (C=O) groups is 1. The highest BCUT2D eigenvalue weighted by Crippen LogP contribution is 2.23. The minimum Gasteiger partial charge on any atom is -0.465 e. The Bertz CT molecular complexity index is 450. The number of nitro benzene ring substituents is 1. The van der Waals surface area contributed by atoms with Crippen molar-refractivity contribution in [3.05, 3.63) is 28.3 Å². The van der Waals surface area contributed by atoms with E-state index in [4.69, 9.17) is 10.6 Å². The smallest absolute Gasteiger partial charge is 0.325 e. The third-order valence-corrected chi connectivity index (χ3v) is 2.04. The first kappa shape index (κ1) is 13.7. The molecular weight excluding hydrogens is 240 g/mol. The van der Waals surface area contributed by atoms with Crippen LogP contribution in [0.1, 0.15) is 6.92 Å². The third-order valence-electron chi connectivity index (χ3n) is 2.04. The van der Waals surface area contributed by atoms with Gasteiger partial charge in [0, 0.05) is 17.8 Å². The normalized spacial score (nSPS) is 9.67. The van der Waals surface area contributed by atoms with Gasteiger partial charge in [-0.25, -0.2) is 0 Å². The van der Waals surface area contributed by atoms with Crippen LogP contribution in [0.5, 0.6) is 0 Å². The van der Waals surface area contributed by atoms with Crippen molar-refractivity contribution >= 4 is 23.0 Å². The van der Waals surface area contributed by atoms with E-state index >= 15 is 0 Å². The summed E-state index contributed by atoms with van der Waals surface area (Å²) in [4.78, 5) is 21.3. The van der Waals surface area contributed by atoms with Crippen LogP contribution in [-0.4, -0.2) is 24.0 Å². The van der Waals surface area contributed by atoms with Gasteiger partial charge in [-0.3, -0.25) is 20.8 Å². The van der Waals surface area contributed by atoms with Gasteiger partial charge in [0.05, 0.1) is 17.2 Å². The third kappa shape index (κ3) is 3.91. The maximum atomic E-state index is 11.1. The average Bonchev–Trinajstić information content (AvgIpc) is 2.36. The zero-order valence-corrected chi connectivity index (χ0v) is 9.80. The maximum absolute atomic E-state index is 11.1. The number of benzene rings is 1. The SMILES string of the molecule is CCOC(=O)CNc1cc(NN)cc([N+](=O)[O-])c1. The number of ether oxygens (including phenoxy) is 1. The molecule has 18 heavy (non-hydrogen) atoms. The Hall–Kier alpha value is -2.35. The lowest BCUT2D eigenvalue weighted by Gasteiger charge is -2.08. The number of hydrogen-bond acceptors (Lipinski definition) is 7. The van der Waals surface area contributed by atoms with Gasteiger partial charge in [-0.1, -0.05) is 0 Å². The zero-order valence-electron chi connectivity index (χ0n) is 9.80. The molecule has 0 aliphatic rings. The number of anilines is 2. The van der Waals surface area contributed by atoms with Gasteiger partial charge < -0.3 is 15.5 Å². The molecule has 0 atom stereocenters. The Labute approximate surface area is 103 Å². The quantitative estimate of drug-likeness (QED) is 0.298. The number of non-ortho nitro benzene ring substituents is 1. The Morgan fingerprint density at radius 3 is 2.67 bits per heavy atom. The number of esters is 1. The second kappa shape index (κ2) is 6.40. The molecule has 0 spiro atoms. The summed E-state index contributed by atoms with van der Waals surface area (Å²) in [6.45, 7) is 1.91. The van der Waals surface area contributed by atoms with E-state index in [2.05, 4.69) is 10.7 Å². The van der Waals surface area contributed by atoms with Crippen LogP contribution in [0, 0.1) is 10.1 Å². The molecule has 0 aromatic heterocycles. The van der Waals surface area contributed by atoms with E-state index < -0.39 is 10.9 Å². The number of hydrazine groups is 1. The summed E-state index contributed by atoms with van der Waals surface area (Å²) < 4.78 is 4.72. The summed E-state index contributed by atoms with van der Waals surface area (Å²) in [5.74, 6) is 4.76. The number of hydrogen-bond donors (Lipinski definition) is 3. The summed E-state index contributed by atoms with van der Waals surface area (Å²) in [5.41, 5.74) is 2.97. The molecule has 0 amide bonds. The van der Waals surface area contributed by atoms with E-state index in [0.29, 0.717) is 11.4 Å². The highest BCUT2D eigenvalue weighted by molar-refractivity contribution is 5.76. The highest BCUT2D eigenvalue weighted by atomic mass is 16.6. The van der Waals surface area contributed by atoms with E-state index in [0.717, 1.165) is 0 Å². The van der Waals surface area contributed by atoms with Crippen molar-refractivity contribution in [3.63, 3.8) is 0 Å². The fourth-order valence-corrected chi connectivity index (χ4v) is 1.29. The summed E-state index contributed by atoms with van der Waals surface area (Å²) in [6.07, 6.45) is 0. The van der Waals surface area contributed by atoms with Gasteiger partial charge in [0.2, 0.25) is 0 Å². The Morgan fingerprint density at radius 2 is 2.11 bits per heavy atom. The molecule has 0 bridgehead atoms. The number of nitrogen functional groups attached to an aromatic ring is 1. The zero-order chi connectivity index (χ0) is 13.5. The van der Waals surface area contributed by atoms with Gasteiger partial charge in [-0.15, -0.1) is 0 Å². The highest BCUT2D eigenvalue weighted by Gasteiger charge is 2.10. The molecule has 0 fully saturated rings. The van der Waals surface area contributed by atoms with Crippen LogP contribution >= 0.6 is 0 Å². The standard InChI is InChI=1S/C10H14N4O4/c1-2-18-10(15)6-12-7-3-8(13-11)5-9(4-7)14(16)17/h3-5,12-13H,2,6,11H2,1H3. The number of rotatable bonds is 6. The molecule has 1 rings (SSSR count).